The third kappa shape index (κ3) is 4.69. The van der Waals surface area contributed by atoms with E-state index in [4.69, 9.17) is 0 Å². The van der Waals surface area contributed by atoms with E-state index in [0.717, 1.165) is 37.3 Å². The van der Waals surface area contributed by atoms with Crippen molar-refractivity contribution < 1.29 is 4.79 Å². The molecular formula is C15H28N6O. The average molecular weight is 308 g/mol. The molecule has 1 aromatic rings. The normalized spacial score (nSPS) is 24.0. The van der Waals surface area contributed by atoms with Crippen molar-refractivity contribution in [2.24, 2.45) is 18.9 Å². The number of rotatable bonds is 5. The molecule has 0 unspecified atom stereocenters. The topological polar surface area (TPSA) is 75.1 Å². The number of urea groups is 1. The van der Waals surface area contributed by atoms with Crippen LogP contribution in [0, 0.1) is 11.8 Å². The van der Waals surface area contributed by atoms with Crippen LogP contribution in [-0.4, -0.2) is 51.9 Å². The van der Waals surface area contributed by atoms with Gasteiger partial charge in [-0.05, 0) is 25.2 Å². The summed E-state index contributed by atoms with van der Waals surface area (Å²) in [6.07, 6.45) is 2.93. The molecule has 1 saturated heterocycles. The molecule has 2 amide bonds. The molecule has 1 aliphatic heterocycles. The number of hydrogen-bond acceptors (Lipinski definition) is 4. The maximum atomic E-state index is 11.9. The van der Waals surface area contributed by atoms with E-state index in [-0.39, 0.29) is 12.1 Å². The van der Waals surface area contributed by atoms with Crippen LogP contribution in [0.25, 0.3) is 0 Å². The Hall–Kier alpha value is -1.63. The molecule has 0 radical (unpaired) electrons. The molecule has 7 heteroatoms. The van der Waals surface area contributed by atoms with Crippen molar-refractivity contribution in [3.63, 3.8) is 0 Å². The van der Waals surface area contributed by atoms with Gasteiger partial charge in [-0.1, -0.05) is 13.8 Å². The summed E-state index contributed by atoms with van der Waals surface area (Å²) in [4.78, 5) is 14.4. The zero-order chi connectivity index (χ0) is 16.1. The maximum absolute atomic E-state index is 11.9. The minimum atomic E-state index is -0.164. The highest BCUT2D eigenvalue weighted by Crippen LogP contribution is 2.20. The summed E-state index contributed by atoms with van der Waals surface area (Å²) in [7, 11) is 1.87. The maximum Gasteiger partial charge on any atom is 0.315 e. The van der Waals surface area contributed by atoms with Crippen LogP contribution in [0.15, 0.2) is 6.33 Å². The Morgan fingerprint density at radius 3 is 2.68 bits per heavy atom. The van der Waals surface area contributed by atoms with Crippen LogP contribution >= 0.6 is 0 Å². The van der Waals surface area contributed by atoms with E-state index < -0.39 is 0 Å². The lowest BCUT2D eigenvalue weighted by atomic mass is 9.92. The van der Waals surface area contributed by atoms with Gasteiger partial charge in [-0.15, -0.1) is 10.2 Å². The number of carbonyl (C=O) groups excluding carboxylic acids is 1. The van der Waals surface area contributed by atoms with E-state index in [1.165, 1.54) is 6.42 Å². The lowest BCUT2D eigenvalue weighted by Crippen LogP contribution is -2.45. The molecule has 3 atom stereocenters. The van der Waals surface area contributed by atoms with Crippen molar-refractivity contribution in [3.05, 3.63) is 12.2 Å². The first kappa shape index (κ1) is 16.7. The number of nitrogens with zero attached hydrogens (tertiary/aromatic N) is 4. The first-order chi connectivity index (χ1) is 10.5. The SMILES string of the molecule is C[C@@H]1C[C@H](C)CN(CCNC(=O)N[C@@H](C)c2nncn2C)C1. The van der Waals surface area contributed by atoms with Crippen molar-refractivity contribution in [2.45, 2.75) is 33.2 Å². The Balaban J connectivity index is 1.68. The standard InChI is InChI=1S/C15H28N6O/c1-11-7-12(2)9-21(8-11)6-5-16-15(22)18-13(3)14-19-17-10-20(14)4/h10-13H,5-9H2,1-4H3,(H2,16,18,22)/t11-,12+,13-/m0/s1. The quantitative estimate of drug-likeness (QED) is 0.856. The molecule has 22 heavy (non-hydrogen) atoms. The van der Waals surface area contributed by atoms with Gasteiger partial charge in [0.2, 0.25) is 0 Å². The molecule has 7 nitrogen and oxygen atoms in total. The molecule has 0 bridgehead atoms. The smallest absolute Gasteiger partial charge is 0.315 e. The summed E-state index contributed by atoms with van der Waals surface area (Å²) in [6.45, 7) is 10.3. The van der Waals surface area contributed by atoms with Gasteiger partial charge in [0.25, 0.3) is 0 Å². The minimum absolute atomic E-state index is 0.159. The number of hydrogen-bond donors (Lipinski definition) is 2. The van der Waals surface area contributed by atoms with Crippen LogP contribution in [0.3, 0.4) is 0 Å². The summed E-state index contributed by atoms with van der Waals surface area (Å²) in [5.74, 6) is 2.23. The highest BCUT2D eigenvalue weighted by molar-refractivity contribution is 5.74. The van der Waals surface area contributed by atoms with Gasteiger partial charge in [0.15, 0.2) is 5.82 Å². The number of aryl methyl sites for hydroxylation is 1. The summed E-state index contributed by atoms with van der Waals surface area (Å²) in [5, 5.41) is 13.6. The van der Waals surface area contributed by atoms with Gasteiger partial charge in [0, 0.05) is 33.2 Å². The van der Waals surface area contributed by atoms with Crippen molar-refractivity contribution in [2.75, 3.05) is 26.2 Å². The first-order valence-corrected chi connectivity index (χ1v) is 8.06. The molecule has 1 fully saturated rings. The van der Waals surface area contributed by atoms with Crippen molar-refractivity contribution >= 4 is 6.03 Å². The Morgan fingerprint density at radius 2 is 2.09 bits per heavy atom. The molecule has 0 spiro atoms. The molecule has 1 aliphatic rings. The molecule has 2 heterocycles. The van der Waals surface area contributed by atoms with Crippen LogP contribution in [0.2, 0.25) is 0 Å². The molecule has 124 valence electrons. The summed E-state index contributed by atoms with van der Waals surface area (Å²) >= 11 is 0. The van der Waals surface area contributed by atoms with Crippen LogP contribution < -0.4 is 10.6 Å². The summed E-state index contributed by atoms with van der Waals surface area (Å²) in [6, 6.07) is -0.323. The number of aromatic nitrogens is 3. The van der Waals surface area contributed by atoms with Gasteiger partial charge >= 0.3 is 6.03 Å². The van der Waals surface area contributed by atoms with E-state index in [9.17, 15) is 4.79 Å². The van der Waals surface area contributed by atoms with Crippen LogP contribution in [0.5, 0.6) is 0 Å². The van der Waals surface area contributed by atoms with Crippen molar-refractivity contribution in [3.8, 4) is 0 Å². The lowest BCUT2D eigenvalue weighted by Gasteiger charge is -2.34. The molecule has 0 saturated carbocycles. The van der Waals surface area contributed by atoms with Gasteiger partial charge in [0.05, 0.1) is 6.04 Å². The molecule has 2 N–H and O–H groups in total. The number of piperidine rings is 1. The van der Waals surface area contributed by atoms with E-state index in [0.29, 0.717) is 6.54 Å². The van der Waals surface area contributed by atoms with Gasteiger partial charge in [-0.3, -0.25) is 0 Å². The van der Waals surface area contributed by atoms with E-state index in [1.54, 1.807) is 10.9 Å². The zero-order valence-corrected chi connectivity index (χ0v) is 14.0. The second-order valence-corrected chi connectivity index (χ2v) is 6.63. The Kier molecular flexibility index (Phi) is 5.76. The van der Waals surface area contributed by atoms with Crippen LogP contribution in [-0.2, 0) is 7.05 Å². The van der Waals surface area contributed by atoms with Gasteiger partial charge < -0.3 is 20.1 Å². The van der Waals surface area contributed by atoms with Gasteiger partial charge in [-0.25, -0.2) is 4.79 Å². The molecule has 1 aromatic heterocycles. The fourth-order valence-corrected chi connectivity index (χ4v) is 3.30. The van der Waals surface area contributed by atoms with Gasteiger partial charge in [0.1, 0.15) is 6.33 Å². The predicted molar refractivity (Wildman–Crippen MR) is 85.3 cm³/mol. The van der Waals surface area contributed by atoms with Crippen molar-refractivity contribution in [1.82, 2.24) is 30.3 Å². The minimum Gasteiger partial charge on any atom is -0.337 e. The van der Waals surface area contributed by atoms with Crippen molar-refractivity contribution in [1.29, 1.82) is 0 Å². The second-order valence-electron chi connectivity index (χ2n) is 6.63. The van der Waals surface area contributed by atoms with Gasteiger partial charge in [-0.2, -0.15) is 0 Å². The number of carbonyl (C=O) groups is 1. The zero-order valence-electron chi connectivity index (χ0n) is 14.0. The molecule has 0 aromatic carbocycles. The van der Waals surface area contributed by atoms with Crippen LogP contribution in [0.4, 0.5) is 4.79 Å². The largest absolute Gasteiger partial charge is 0.337 e. The summed E-state index contributed by atoms with van der Waals surface area (Å²) < 4.78 is 1.81. The Labute approximate surface area is 132 Å². The third-order valence-corrected chi connectivity index (χ3v) is 4.14. The third-order valence-electron chi connectivity index (χ3n) is 4.14. The Bertz CT molecular complexity index is 478. The lowest BCUT2D eigenvalue weighted by molar-refractivity contribution is 0.142. The Morgan fingerprint density at radius 1 is 1.41 bits per heavy atom. The van der Waals surface area contributed by atoms with E-state index in [1.807, 2.05) is 14.0 Å². The van der Waals surface area contributed by atoms with E-state index >= 15 is 0 Å². The average Bonchev–Trinajstić information content (AvgIpc) is 2.83. The number of amides is 2. The fraction of sp³-hybridized carbons (Fsp3) is 0.800. The predicted octanol–water partition coefficient (Wildman–Crippen LogP) is 1.15. The van der Waals surface area contributed by atoms with E-state index in [2.05, 4.69) is 39.6 Å². The second kappa shape index (κ2) is 7.58. The fourth-order valence-electron chi connectivity index (χ4n) is 3.30. The first-order valence-electron chi connectivity index (χ1n) is 8.06. The number of nitrogens with one attached hydrogen (secondary N) is 2. The molecular weight excluding hydrogens is 280 g/mol. The number of likely N-dealkylation sites (tertiary alicyclic amines) is 1. The molecule has 0 aliphatic carbocycles. The highest BCUT2D eigenvalue weighted by Gasteiger charge is 2.21. The summed E-state index contributed by atoms with van der Waals surface area (Å²) in [5.41, 5.74) is 0. The monoisotopic (exact) mass is 308 g/mol. The molecule has 2 rings (SSSR count). The highest BCUT2D eigenvalue weighted by atomic mass is 16.2. The van der Waals surface area contributed by atoms with Crippen LogP contribution in [0.1, 0.15) is 39.1 Å².